The van der Waals surface area contributed by atoms with Gasteiger partial charge in [-0.15, -0.1) is 11.3 Å². The van der Waals surface area contributed by atoms with Crippen LogP contribution in [-0.2, 0) is 6.42 Å². The number of hydrazone groups is 1. The molecule has 0 unspecified atom stereocenters. The van der Waals surface area contributed by atoms with Crippen LogP contribution in [-0.4, -0.2) is 24.2 Å². The fraction of sp³-hybridized carbons (Fsp3) is 0.150. The highest BCUT2D eigenvalue weighted by Gasteiger charge is 2.11. The van der Waals surface area contributed by atoms with Gasteiger partial charge in [0.15, 0.2) is 0 Å². The molecule has 2 aromatic carbocycles. The Morgan fingerprint density at radius 2 is 2.08 bits per heavy atom. The summed E-state index contributed by atoms with van der Waals surface area (Å²) in [7, 11) is 1.60. The average molecular weight is 365 g/mol. The van der Waals surface area contributed by atoms with Gasteiger partial charge in [0.1, 0.15) is 16.5 Å². The lowest BCUT2D eigenvalue weighted by Gasteiger charge is -2.00. The van der Waals surface area contributed by atoms with E-state index in [-0.39, 0.29) is 5.91 Å². The number of benzene rings is 2. The van der Waals surface area contributed by atoms with E-state index in [1.165, 1.54) is 16.9 Å². The molecule has 6 heteroatoms. The summed E-state index contributed by atoms with van der Waals surface area (Å²) in [5.74, 6) is 0.398. The molecule has 1 N–H and O–H groups in total. The lowest BCUT2D eigenvalue weighted by atomic mass is 10.1. The number of hydrogen-bond donors (Lipinski definition) is 1. The first-order valence-corrected chi connectivity index (χ1v) is 9.10. The third kappa shape index (κ3) is 4.34. The maximum absolute atomic E-state index is 12.2. The van der Waals surface area contributed by atoms with Crippen molar-refractivity contribution in [1.29, 1.82) is 0 Å². The summed E-state index contributed by atoms with van der Waals surface area (Å²) in [4.78, 5) is 16.6. The third-order valence-electron chi connectivity index (χ3n) is 3.82. The van der Waals surface area contributed by atoms with Crippen LogP contribution < -0.4 is 10.2 Å². The first-order valence-electron chi connectivity index (χ1n) is 8.22. The van der Waals surface area contributed by atoms with E-state index in [1.54, 1.807) is 18.7 Å². The standard InChI is InChI=1S/C20H19N3O2S/c1-3-14-7-9-16(10-8-14)20-22-18(13-26-20)19(24)23-21-12-15-5-4-6-17(11-15)25-2/h4-13H,3H2,1-2H3,(H,23,24)/b21-12-. The molecule has 132 valence electrons. The van der Waals surface area contributed by atoms with Crippen molar-refractivity contribution in [2.75, 3.05) is 7.11 Å². The lowest BCUT2D eigenvalue weighted by Crippen LogP contribution is -2.17. The van der Waals surface area contributed by atoms with E-state index in [1.807, 2.05) is 36.4 Å². The van der Waals surface area contributed by atoms with Crippen molar-refractivity contribution < 1.29 is 9.53 Å². The molecule has 0 aliphatic heterocycles. The van der Waals surface area contributed by atoms with Crippen molar-refractivity contribution in [1.82, 2.24) is 10.4 Å². The zero-order valence-corrected chi connectivity index (χ0v) is 15.4. The number of thiazole rings is 1. The SMILES string of the molecule is CCc1ccc(-c2nc(C(=O)N/N=C\c3cccc(OC)c3)cs2)cc1. The van der Waals surface area contributed by atoms with Gasteiger partial charge in [0, 0.05) is 10.9 Å². The second-order valence-electron chi connectivity index (χ2n) is 5.56. The maximum atomic E-state index is 12.2. The van der Waals surface area contributed by atoms with Crippen molar-refractivity contribution in [3.63, 3.8) is 0 Å². The van der Waals surface area contributed by atoms with Crippen LogP contribution in [0.4, 0.5) is 0 Å². The molecule has 26 heavy (non-hydrogen) atoms. The van der Waals surface area contributed by atoms with Gasteiger partial charge in [0.25, 0.3) is 5.91 Å². The average Bonchev–Trinajstić information content (AvgIpc) is 3.18. The van der Waals surface area contributed by atoms with E-state index in [2.05, 4.69) is 34.6 Å². The van der Waals surface area contributed by atoms with Crippen molar-refractivity contribution >= 4 is 23.5 Å². The molecule has 0 aliphatic carbocycles. The van der Waals surface area contributed by atoms with Gasteiger partial charge in [-0.3, -0.25) is 4.79 Å². The molecular weight excluding hydrogens is 346 g/mol. The predicted molar refractivity (Wildman–Crippen MR) is 105 cm³/mol. The molecular formula is C20H19N3O2S. The summed E-state index contributed by atoms with van der Waals surface area (Å²) in [5.41, 5.74) is 5.97. The molecule has 0 fully saturated rings. The molecule has 1 heterocycles. The van der Waals surface area contributed by atoms with Crippen molar-refractivity contribution in [2.24, 2.45) is 5.10 Å². The fourth-order valence-corrected chi connectivity index (χ4v) is 3.14. The number of rotatable bonds is 6. The highest BCUT2D eigenvalue weighted by molar-refractivity contribution is 7.13. The van der Waals surface area contributed by atoms with Gasteiger partial charge in [0.2, 0.25) is 0 Å². The number of amides is 1. The molecule has 1 aromatic heterocycles. The van der Waals surface area contributed by atoms with Crippen LogP contribution >= 0.6 is 11.3 Å². The Labute approximate surface area is 156 Å². The molecule has 0 saturated carbocycles. The Morgan fingerprint density at radius 3 is 2.81 bits per heavy atom. The van der Waals surface area contributed by atoms with Crippen LogP contribution in [0.3, 0.4) is 0 Å². The predicted octanol–water partition coefficient (Wildman–Crippen LogP) is 4.15. The second kappa shape index (κ2) is 8.40. The summed E-state index contributed by atoms with van der Waals surface area (Å²) in [6, 6.07) is 15.6. The minimum Gasteiger partial charge on any atom is -0.497 e. The highest BCUT2D eigenvalue weighted by atomic mass is 32.1. The van der Waals surface area contributed by atoms with Gasteiger partial charge in [0.05, 0.1) is 13.3 Å². The number of nitrogens with zero attached hydrogens (tertiary/aromatic N) is 2. The Balaban J connectivity index is 1.64. The van der Waals surface area contributed by atoms with Crippen LogP contribution in [0.1, 0.15) is 28.5 Å². The normalized spacial score (nSPS) is 10.8. The van der Waals surface area contributed by atoms with Crippen LogP contribution in [0.15, 0.2) is 59.0 Å². The minimum atomic E-state index is -0.336. The van der Waals surface area contributed by atoms with Crippen LogP contribution in [0.2, 0.25) is 0 Å². The summed E-state index contributed by atoms with van der Waals surface area (Å²) in [6.45, 7) is 2.12. The lowest BCUT2D eigenvalue weighted by molar-refractivity contribution is 0.0951. The molecule has 0 radical (unpaired) electrons. The van der Waals surface area contributed by atoms with E-state index in [4.69, 9.17) is 4.74 Å². The molecule has 0 bridgehead atoms. The van der Waals surface area contributed by atoms with Gasteiger partial charge < -0.3 is 4.74 Å². The Morgan fingerprint density at radius 1 is 1.27 bits per heavy atom. The van der Waals surface area contributed by atoms with Crippen molar-refractivity contribution in [3.05, 3.63) is 70.7 Å². The number of carbonyl (C=O) groups is 1. The summed E-state index contributed by atoms with van der Waals surface area (Å²) in [6.07, 6.45) is 2.56. The number of aryl methyl sites for hydroxylation is 1. The number of ether oxygens (including phenoxy) is 1. The van der Waals surface area contributed by atoms with Crippen LogP contribution in [0.5, 0.6) is 5.75 Å². The monoisotopic (exact) mass is 365 g/mol. The zero-order chi connectivity index (χ0) is 18.4. The quantitative estimate of drug-likeness (QED) is 0.527. The van der Waals surface area contributed by atoms with Gasteiger partial charge in [-0.25, -0.2) is 10.4 Å². The second-order valence-corrected chi connectivity index (χ2v) is 6.42. The van der Waals surface area contributed by atoms with E-state index in [0.717, 1.165) is 28.3 Å². The molecule has 5 nitrogen and oxygen atoms in total. The zero-order valence-electron chi connectivity index (χ0n) is 14.6. The van der Waals surface area contributed by atoms with E-state index in [0.29, 0.717) is 5.69 Å². The number of hydrogen-bond acceptors (Lipinski definition) is 5. The molecule has 0 spiro atoms. The van der Waals surface area contributed by atoms with Gasteiger partial charge in [-0.1, -0.05) is 43.3 Å². The Bertz CT molecular complexity index is 917. The van der Waals surface area contributed by atoms with Crippen molar-refractivity contribution in [2.45, 2.75) is 13.3 Å². The van der Waals surface area contributed by atoms with E-state index in [9.17, 15) is 4.79 Å². The molecule has 3 rings (SSSR count). The van der Waals surface area contributed by atoms with E-state index >= 15 is 0 Å². The van der Waals surface area contributed by atoms with Gasteiger partial charge >= 0.3 is 0 Å². The van der Waals surface area contributed by atoms with Crippen LogP contribution in [0.25, 0.3) is 10.6 Å². The summed E-state index contributed by atoms with van der Waals surface area (Å²) < 4.78 is 5.15. The Kier molecular flexibility index (Phi) is 5.76. The molecule has 3 aromatic rings. The van der Waals surface area contributed by atoms with Crippen molar-refractivity contribution in [3.8, 4) is 16.3 Å². The number of carbonyl (C=O) groups excluding carboxylic acids is 1. The highest BCUT2D eigenvalue weighted by Crippen LogP contribution is 2.24. The van der Waals surface area contributed by atoms with Gasteiger partial charge in [-0.2, -0.15) is 5.10 Å². The van der Waals surface area contributed by atoms with E-state index < -0.39 is 0 Å². The first kappa shape index (κ1) is 17.8. The minimum absolute atomic E-state index is 0.336. The molecule has 0 aliphatic rings. The smallest absolute Gasteiger partial charge is 0.290 e. The number of nitrogens with one attached hydrogen (secondary N) is 1. The van der Waals surface area contributed by atoms with Gasteiger partial charge in [-0.05, 0) is 29.7 Å². The first-order chi connectivity index (χ1) is 12.7. The Hall–Kier alpha value is -2.99. The summed E-state index contributed by atoms with van der Waals surface area (Å²) >= 11 is 1.44. The largest absolute Gasteiger partial charge is 0.497 e. The molecule has 0 atom stereocenters. The maximum Gasteiger partial charge on any atom is 0.290 e. The van der Waals surface area contributed by atoms with Crippen LogP contribution in [0, 0.1) is 0 Å². The molecule has 0 saturated heterocycles. The molecule has 1 amide bonds. The number of methoxy groups -OCH3 is 1. The topological polar surface area (TPSA) is 63.6 Å². The third-order valence-corrected chi connectivity index (χ3v) is 4.71. The summed E-state index contributed by atoms with van der Waals surface area (Å²) in [5, 5.41) is 6.53. The number of aromatic nitrogens is 1. The fourth-order valence-electron chi connectivity index (χ4n) is 2.34.